The Hall–Kier alpha value is -3.38. The molecule has 2 heterocycles. The third-order valence-electron chi connectivity index (χ3n) is 5.11. The number of H-pyrrole nitrogens is 1. The number of rotatable bonds is 5. The van der Waals surface area contributed by atoms with Crippen LogP contribution in [0.5, 0.6) is 11.6 Å². The second-order valence-corrected chi connectivity index (χ2v) is 9.21. The fraction of sp³-hybridized carbons (Fsp3) is 0.280. The van der Waals surface area contributed by atoms with Crippen LogP contribution in [0.3, 0.4) is 0 Å². The Kier molecular flexibility index (Phi) is 5.19. The number of anilines is 2. The average molecular weight is 417 g/mol. The minimum atomic E-state index is -0.919. The van der Waals surface area contributed by atoms with Crippen molar-refractivity contribution >= 4 is 22.7 Å². The maximum absolute atomic E-state index is 10.3. The third-order valence-corrected chi connectivity index (χ3v) is 5.11. The van der Waals surface area contributed by atoms with Crippen LogP contribution in [-0.2, 0) is 11.0 Å². The summed E-state index contributed by atoms with van der Waals surface area (Å²) in [6, 6.07) is 17.4. The fourth-order valence-corrected chi connectivity index (χ4v) is 3.42. The number of pyridine rings is 1. The molecule has 0 fully saturated rings. The summed E-state index contributed by atoms with van der Waals surface area (Å²) in [4.78, 5) is 12.3. The topological polar surface area (TPSA) is 83.1 Å². The van der Waals surface area contributed by atoms with Gasteiger partial charge in [-0.15, -0.1) is 0 Å². The summed E-state index contributed by atoms with van der Waals surface area (Å²) in [5.41, 5.74) is 3.29. The first-order valence-corrected chi connectivity index (χ1v) is 10.3. The van der Waals surface area contributed by atoms with Crippen molar-refractivity contribution < 1.29 is 9.84 Å². The van der Waals surface area contributed by atoms with Gasteiger partial charge in [-0.3, -0.25) is 0 Å². The molecule has 0 aliphatic carbocycles. The molecular formula is C25H28N4O2. The van der Waals surface area contributed by atoms with E-state index in [0.29, 0.717) is 17.5 Å². The summed E-state index contributed by atoms with van der Waals surface area (Å²) in [5, 5.41) is 13.6. The Morgan fingerprint density at radius 3 is 2.48 bits per heavy atom. The number of imidazole rings is 1. The summed E-state index contributed by atoms with van der Waals surface area (Å²) < 4.78 is 6.23. The molecule has 0 unspecified atom stereocenters. The molecule has 2 aromatic carbocycles. The summed E-state index contributed by atoms with van der Waals surface area (Å²) in [6.07, 6.45) is 1.70. The number of aromatic nitrogens is 3. The van der Waals surface area contributed by atoms with Gasteiger partial charge in [-0.05, 0) is 55.2 Å². The van der Waals surface area contributed by atoms with Gasteiger partial charge in [0, 0.05) is 11.8 Å². The molecule has 3 N–H and O–H groups in total. The number of benzene rings is 2. The van der Waals surface area contributed by atoms with Crippen molar-refractivity contribution in [2.75, 3.05) is 5.32 Å². The molecule has 31 heavy (non-hydrogen) atoms. The number of nitrogens with zero attached hydrogens (tertiary/aromatic N) is 2. The SMILES string of the molecule is CC(C)(C)c1ccccc1Oc1ncccc1Nc1nc2ccc(C(C)(C)O)cc2[nH]1. The van der Waals surface area contributed by atoms with Crippen LogP contribution in [-0.4, -0.2) is 20.1 Å². The summed E-state index contributed by atoms with van der Waals surface area (Å²) in [5.74, 6) is 1.82. The van der Waals surface area contributed by atoms with E-state index in [1.165, 1.54) is 0 Å². The number of para-hydroxylation sites is 1. The van der Waals surface area contributed by atoms with Crippen molar-refractivity contribution in [2.24, 2.45) is 0 Å². The zero-order valence-electron chi connectivity index (χ0n) is 18.5. The molecule has 0 spiro atoms. The van der Waals surface area contributed by atoms with Gasteiger partial charge in [0.25, 0.3) is 0 Å². The predicted molar refractivity (Wildman–Crippen MR) is 124 cm³/mol. The van der Waals surface area contributed by atoms with Gasteiger partial charge in [-0.2, -0.15) is 0 Å². The monoisotopic (exact) mass is 416 g/mol. The first-order valence-electron chi connectivity index (χ1n) is 10.3. The van der Waals surface area contributed by atoms with Gasteiger partial charge in [0.05, 0.1) is 16.6 Å². The highest BCUT2D eigenvalue weighted by Gasteiger charge is 2.20. The van der Waals surface area contributed by atoms with Crippen molar-refractivity contribution in [3.63, 3.8) is 0 Å². The van der Waals surface area contributed by atoms with Gasteiger partial charge in [0.1, 0.15) is 11.4 Å². The Bertz CT molecular complexity index is 1220. The quantitative estimate of drug-likeness (QED) is 0.371. The molecule has 0 aliphatic rings. The first-order chi connectivity index (χ1) is 14.6. The van der Waals surface area contributed by atoms with E-state index in [9.17, 15) is 5.11 Å². The summed E-state index contributed by atoms with van der Waals surface area (Å²) in [7, 11) is 0. The van der Waals surface area contributed by atoms with Gasteiger partial charge in [-0.1, -0.05) is 45.0 Å². The highest BCUT2D eigenvalue weighted by molar-refractivity contribution is 5.79. The molecule has 2 aromatic heterocycles. The molecule has 0 atom stereocenters. The third kappa shape index (κ3) is 4.54. The lowest BCUT2D eigenvalue weighted by atomic mass is 9.86. The van der Waals surface area contributed by atoms with Gasteiger partial charge in [0.2, 0.25) is 11.8 Å². The number of hydrogen-bond acceptors (Lipinski definition) is 5. The van der Waals surface area contributed by atoms with Crippen molar-refractivity contribution in [1.29, 1.82) is 0 Å². The lowest BCUT2D eigenvalue weighted by Crippen LogP contribution is -2.14. The number of fused-ring (bicyclic) bond motifs is 1. The highest BCUT2D eigenvalue weighted by Crippen LogP contribution is 2.36. The largest absolute Gasteiger partial charge is 0.437 e. The van der Waals surface area contributed by atoms with Gasteiger partial charge < -0.3 is 20.1 Å². The molecule has 4 aromatic rings. The van der Waals surface area contributed by atoms with E-state index in [4.69, 9.17) is 4.74 Å². The molecule has 0 aliphatic heterocycles. The van der Waals surface area contributed by atoms with Crippen molar-refractivity contribution in [3.05, 3.63) is 71.9 Å². The van der Waals surface area contributed by atoms with Crippen LogP contribution in [0.1, 0.15) is 45.7 Å². The summed E-state index contributed by atoms with van der Waals surface area (Å²) in [6.45, 7) is 9.99. The fourth-order valence-electron chi connectivity index (χ4n) is 3.42. The Balaban J connectivity index is 1.65. The number of ether oxygens (including phenoxy) is 1. The van der Waals surface area contributed by atoms with Crippen molar-refractivity contribution in [1.82, 2.24) is 15.0 Å². The van der Waals surface area contributed by atoms with E-state index in [1.54, 1.807) is 20.0 Å². The lowest BCUT2D eigenvalue weighted by molar-refractivity contribution is 0.0787. The van der Waals surface area contributed by atoms with Crippen LogP contribution < -0.4 is 10.1 Å². The number of nitrogens with one attached hydrogen (secondary N) is 2. The molecule has 0 saturated heterocycles. The van der Waals surface area contributed by atoms with Crippen molar-refractivity contribution in [2.45, 2.75) is 45.6 Å². The normalized spacial score (nSPS) is 12.2. The van der Waals surface area contributed by atoms with E-state index in [1.807, 2.05) is 48.5 Å². The second-order valence-electron chi connectivity index (χ2n) is 9.21. The minimum absolute atomic E-state index is 0.0596. The van der Waals surface area contributed by atoms with Gasteiger partial charge in [0.15, 0.2) is 0 Å². The molecule has 0 amide bonds. The predicted octanol–water partition coefficient (Wildman–Crippen LogP) is 6.02. The molecule has 0 saturated carbocycles. The second kappa shape index (κ2) is 7.71. The molecule has 160 valence electrons. The van der Waals surface area contributed by atoms with E-state index >= 15 is 0 Å². The zero-order chi connectivity index (χ0) is 22.2. The van der Waals surface area contributed by atoms with Crippen LogP contribution in [0, 0.1) is 0 Å². The summed E-state index contributed by atoms with van der Waals surface area (Å²) >= 11 is 0. The van der Waals surface area contributed by atoms with E-state index in [0.717, 1.165) is 27.9 Å². The first kappa shape index (κ1) is 20.9. The van der Waals surface area contributed by atoms with Crippen molar-refractivity contribution in [3.8, 4) is 11.6 Å². The van der Waals surface area contributed by atoms with Gasteiger partial charge >= 0.3 is 0 Å². The number of aromatic amines is 1. The van der Waals surface area contributed by atoms with E-state index in [2.05, 4.69) is 47.1 Å². The van der Waals surface area contributed by atoms with Crippen LogP contribution in [0.4, 0.5) is 11.6 Å². The number of hydrogen-bond donors (Lipinski definition) is 3. The Morgan fingerprint density at radius 1 is 0.968 bits per heavy atom. The van der Waals surface area contributed by atoms with E-state index < -0.39 is 5.60 Å². The van der Waals surface area contributed by atoms with Gasteiger partial charge in [-0.25, -0.2) is 9.97 Å². The van der Waals surface area contributed by atoms with E-state index in [-0.39, 0.29) is 5.41 Å². The molecular weight excluding hydrogens is 388 g/mol. The minimum Gasteiger partial charge on any atom is -0.437 e. The molecule has 0 bridgehead atoms. The lowest BCUT2D eigenvalue weighted by Gasteiger charge is -2.22. The highest BCUT2D eigenvalue weighted by atomic mass is 16.5. The average Bonchev–Trinajstić information content (AvgIpc) is 3.10. The van der Waals surface area contributed by atoms with Crippen LogP contribution >= 0.6 is 0 Å². The van der Waals surface area contributed by atoms with Crippen LogP contribution in [0.2, 0.25) is 0 Å². The maximum atomic E-state index is 10.3. The molecule has 4 rings (SSSR count). The standard InChI is InChI=1S/C25H28N4O2/c1-24(2,3)17-9-6-7-11-21(17)31-22-19(10-8-14-26-22)28-23-27-18-13-12-16(25(4,5)30)15-20(18)29-23/h6-15,30H,1-5H3,(H2,27,28,29). The molecule has 6 heteroatoms. The van der Waals surface area contributed by atoms with Crippen LogP contribution in [0.25, 0.3) is 11.0 Å². The molecule has 0 radical (unpaired) electrons. The molecule has 6 nitrogen and oxygen atoms in total. The smallest absolute Gasteiger partial charge is 0.243 e. The van der Waals surface area contributed by atoms with Crippen LogP contribution in [0.15, 0.2) is 60.8 Å². The Morgan fingerprint density at radius 2 is 1.74 bits per heavy atom. The number of aliphatic hydroxyl groups is 1. The Labute approximate surface area is 182 Å². The maximum Gasteiger partial charge on any atom is 0.243 e. The zero-order valence-corrected chi connectivity index (χ0v) is 18.5.